The van der Waals surface area contributed by atoms with Gasteiger partial charge < -0.3 is 9.26 Å². The number of nitrogens with zero attached hydrogens (tertiary/aromatic N) is 2. The van der Waals surface area contributed by atoms with Crippen LogP contribution in [0.1, 0.15) is 39.0 Å². The van der Waals surface area contributed by atoms with E-state index in [1.165, 1.54) is 11.3 Å². The minimum absolute atomic E-state index is 0.303. The molecular formula is C14H18N2O3S. The van der Waals surface area contributed by atoms with Crippen LogP contribution >= 0.6 is 11.3 Å². The molecule has 0 aromatic carbocycles. The largest absolute Gasteiger partial charge is 0.465 e. The standard InChI is InChI=1S/C14H18N2O3S/c1-4-18-14(17)10(8-9(2)3)13-15-12(16-19-13)11-6-5-7-20-11/h5-7,9-10H,4,8H2,1-3H3. The molecule has 108 valence electrons. The van der Waals surface area contributed by atoms with Crippen molar-refractivity contribution in [3.8, 4) is 10.7 Å². The van der Waals surface area contributed by atoms with Gasteiger partial charge in [0.15, 0.2) is 0 Å². The van der Waals surface area contributed by atoms with Crippen LogP contribution in [0.15, 0.2) is 22.0 Å². The number of thiophene rings is 1. The van der Waals surface area contributed by atoms with Crippen LogP contribution in [0.2, 0.25) is 0 Å². The van der Waals surface area contributed by atoms with Crippen LogP contribution < -0.4 is 0 Å². The van der Waals surface area contributed by atoms with E-state index < -0.39 is 5.92 Å². The lowest BCUT2D eigenvalue weighted by atomic mass is 9.97. The molecule has 2 aromatic heterocycles. The number of ether oxygens (including phenoxy) is 1. The summed E-state index contributed by atoms with van der Waals surface area (Å²) in [6.45, 7) is 6.22. The summed E-state index contributed by atoms with van der Waals surface area (Å²) in [4.78, 5) is 17.3. The Balaban J connectivity index is 2.22. The van der Waals surface area contributed by atoms with E-state index in [4.69, 9.17) is 9.26 Å². The molecule has 5 nitrogen and oxygen atoms in total. The Morgan fingerprint density at radius 1 is 1.50 bits per heavy atom. The average molecular weight is 294 g/mol. The second kappa shape index (κ2) is 6.65. The molecule has 0 bridgehead atoms. The first-order valence-electron chi connectivity index (χ1n) is 6.66. The number of carbonyl (C=O) groups excluding carboxylic acids is 1. The SMILES string of the molecule is CCOC(=O)C(CC(C)C)c1nc(-c2cccs2)no1. The topological polar surface area (TPSA) is 65.2 Å². The van der Waals surface area contributed by atoms with E-state index in [1.807, 2.05) is 31.4 Å². The van der Waals surface area contributed by atoms with E-state index in [2.05, 4.69) is 10.1 Å². The van der Waals surface area contributed by atoms with Gasteiger partial charge in [0.05, 0.1) is 11.5 Å². The second-order valence-electron chi connectivity index (χ2n) is 4.87. The molecule has 0 spiro atoms. The highest BCUT2D eigenvalue weighted by atomic mass is 32.1. The van der Waals surface area contributed by atoms with Crippen LogP contribution in [0.25, 0.3) is 10.7 Å². The number of carbonyl (C=O) groups is 1. The highest BCUT2D eigenvalue weighted by Crippen LogP contribution is 2.27. The molecule has 0 saturated carbocycles. The predicted molar refractivity (Wildman–Crippen MR) is 76.4 cm³/mol. The van der Waals surface area contributed by atoms with Gasteiger partial charge in [-0.1, -0.05) is 25.1 Å². The van der Waals surface area contributed by atoms with Crippen LogP contribution in [0.3, 0.4) is 0 Å². The van der Waals surface area contributed by atoms with Crippen LogP contribution in [-0.2, 0) is 9.53 Å². The minimum atomic E-state index is -0.490. The first kappa shape index (κ1) is 14.7. The Morgan fingerprint density at radius 2 is 2.30 bits per heavy atom. The maximum absolute atomic E-state index is 12.0. The molecule has 1 unspecified atom stereocenters. The number of hydrogen-bond acceptors (Lipinski definition) is 6. The van der Waals surface area contributed by atoms with Gasteiger partial charge in [-0.25, -0.2) is 0 Å². The quantitative estimate of drug-likeness (QED) is 0.763. The third kappa shape index (κ3) is 3.45. The van der Waals surface area contributed by atoms with E-state index in [-0.39, 0.29) is 5.97 Å². The normalized spacial score (nSPS) is 12.6. The van der Waals surface area contributed by atoms with Crippen molar-refractivity contribution in [1.82, 2.24) is 10.1 Å². The van der Waals surface area contributed by atoms with Gasteiger partial charge in [0.25, 0.3) is 0 Å². The van der Waals surface area contributed by atoms with E-state index in [1.54, 1.807) is 6.92 Å². The molecule has 0 aliphatic rings. The summed E-state index contributed by atoms with van der Waals surface area (Å²) in [6.07, 6.45) is 0.630. The summed E-state index contributed by atoms with van der Waals surface area (Å²) in [5.41, 5.74) is 0. The monoisotopic (exact) mass is 294 g/mol. The fourth-order valence-corrected chi connectivity index (χ4v) is 2.54. The van der Waals surface area contributed by atoms with E-state index >= 15 is 0 Å². The molecule has 0 saturated heterocycles. The summed E-state index contributed by atoms with van der Waals surface area (Å²) < 4.78 is 10.4. The molecule has 0 N–H and O–H groups in total. The minimum Gasteiger partial charge on any atom is -0.465 e. The van der Waals surface area contributed by atoms with Crippen molar-refractivity contribution in [2.45, 2.75) is 33.1 Å². The highest BCUT2D eigenvalue weighted by molar-refractivity contribution is 7.13. The van der Waals surface area contributed by atoms with Crippen molar-refractivity contribution in [3.05, 3.63) is 23.4 Å². The first-order valence-corrected chi connectivity index (χ1v) is 7.53. The van der Waals surface area contributed by atoms with E-state index in [0.29, 0.717) is 30.7 Å². The summed E-state index contributed by atoms with van der Waals surface area (Å²) in [5, 5.41) is 5.89. The predicted octanol–water partition coefficient (Wildman–Crippen LogP) is 3.49. The van der Waals surface area contributed by atoms with Gasteiger partial charge in [-0.05, 0) is 30.7 Å². The Labute approximate surface area is 122 Å². The summed E-state index contributed by atoms with van der Waals surface area (Å²) >= 11 is 1.53. The van der Waals surface area contributed by atoms with Gasteiger partial charge in [-0.2, -0.15) is 4.98 Å². The lowest BCUT2D eigenvalue weighted by Gasteiger charge is -2.13. The molecular weight excluding hydrogens is 276 g/mol. The Bertz CT molecular complexity index is 549. The third-order valence-corrected chi connectivity index (χ3v) is 3.63. The van der Waals surface area contributed by atoms with Gasteiger partial charge in [0.2, 0.25) is 11.7 Å². The smallest absolute Gasteiger partial charge is 0.318 e. The molecule has 2 rings (SSSR count). The van der Waals surface area contributed by atoms with Crippen molar-refractivity contribution in [2.75, 3.05) is 6.61 Å². The van der Waals surface area contributed by atoms with Crippen molar-refractivity contribution < 1.29 is 14.1 Å². The summed E-state index contributed by atoms with van der Waals surface area (Å²) in [7, 11) is 0. The average Bonchev–Trinajstić information content (AvgIpc) is 3.06. The molecule has 2 aromatic rings. The van der Waals surface area contributed by atoms with Crippen LogP contribution in [0.4, 0.5) is 0 Å². The number of esters is 1. The van der Waals surface area contributed by atoms with Crippen LogP contribution in [0.5, 0.6) is 0 Å². The number of rotatable bonds is 6. The number of aromatic nitrogens is 2. The van der Waals surface area contributed by atoms with Crippen molar-refractivity contribution in [3.63, 3.8) is 0 Å². The lowest BCUT2D eigenvalue weighted by molar-refractivity contribution is -0.146. The van der Waals surface area contributed by atoms with Gasteiger partial charge in [-0.15, -0.1) is 11.3 Å². The molecule has 1 atom stereocenters. The van der Waals surface area contributed by atoms with Crippen molar-refractivity contribution >= 4 is 17.3 Å². The molecule has 0 fully saturated rings. The maximum atomic E-state index is 12.0. The van der Waals surface area contributed by atoms with Gasteiger partial charge in [0.1, 0.15) is 5.92 Å². The molecule has 0 aliphatic heterocycles. The van der Waals surface area contributed by atoms with E-state index in [9.17, 15) is 4.79 Å². The maximum Gasteiger partial charge on any atom is 0.318 e. The fourth-order valence-electron chi connectivity index (χ4n) is 1.89. The zero-order chi connectivity index (χ0) is 14.5. The summed E-state index contributed by atoms with van der Waals surface area (Å²) in [6, 6.07) is 3.84. The molecule has 0 aliphatic carbocycles. The highest BCUT2D eigenvalue weighted by Gasteiger charge is 2.29. The van der Waals surface area contributed by atoms with E-state index in [0.717, 1.165) is 4.88 Å². The molecule has 0 radical (unpaired) electrons. The second-order valence-corrected chi connectivity index (χ2v) is 5.82. The zero-order valence-electron chi connectivity index (χ0n) is 11.8. The Kier molecular flexibility index (Phi) is 4.89. The molecule has 20 heavy (non-hydrogen) atoms. The zero-order valence-corrected chi connectivity index (χ0v) is 12.6. The van der Waals surface area contributed by atoms with Gasteiger partial charge >= 0.3 is 5.97 Å². The third-order valence-electron chi connectivity index (χ3n) is 2.76. The first-order chi connectivity index (χ1) is 9.61. The Hall–Kier alpha value is -1.69. The van der Waals surface area contributed by atoms with Gasteiger partial charge in [-0.3, -0.25) is 4.79 Å². The summed E-state index contributed by atoms with van der Waals surface area (Å²) in [5.74, 6) is 0.397. The fraction of sp³-hybridized carbons (Fsp3) is 0.500. The number of hydrogen-bond donors (Lipinski definition) is 0. The Morgan fingerprint density at radius 3 is 2.90 bits per heavy atom. The van der Waals surface area contributed by atoms with Crippen LogP contribution in [0, 0.1) is 5.92 Å². The van der Waals surface area contributed by atoms with Crippen molar-refractivity contribution in [2.24, 2.45) is 5.92 Å². The molecule has 2 heterocycles. The van der Waals surface area contributed by atoms with Gasteiger partial charge in [0, 0.05) is 0 Å². The molecule has 0 amide bonds. The lowest BCUT2D eigenvalue weighted by Crippen LogP contribution is -2.18. The van der Waals surface area contributed by atoms with Crippen molar-refractivity contribution in [1.29, 1.82) is 0 Å². The molecule has 6 heteroatoms. The van der Waals surface area contributed by atoms with Crippen LogP contribution in [-0.4, -0.2) is 22.7 Å².